The van der Waals surface area contributed by atoms with E-state index in [1.807, 2.05) is 0 Å². The van der Waals surface area contributed by atoms with Crippen LogP contribution in [0.4, 0.5) is 0 Å². The second-order valence-corrected chi connectivity index (χ2v) is 6.61. The molecule has 0 radical (unpaired) electrons. The average Bonchev–Trinajstić information content (AvgIpc) is 3.02. The highest BCUT2D eigenvalue weighted by atomic mass is 16.5. The van der Waals surface area contributed by atoms with Crippen molar-refractivity contribution >= 4 is 11.7 Å². The van der Waals surface area contributed by atoms with Gasteiger partial charge in [0.2, 0.25) is 5.78 Å². The summed E-state index contributed by atoms with van der Waals surface area (Å²) >= 11 is 0. The number of rotatable bonds is 13. The highest BCUT2D eigenvalue weighted by Gasteiger charge is 2.32. The minimum atomic E-state index is -0.323. The first-order valence-corrected chi connectivity index (χ1v) is 9.66. The Balaban J connectivity index is 2.25. The molecular formula is C19H35NO3. The molecule has 0 aromatic heterocycles. The number of nitrogens with zero attached hydrogens (tertiary/aromatic N) is 1. The monoisotopic (exact) mass is 325 g/mol. The number of ether oxygens (including phenoxy) is 1. The summed E-state index contributed by atoms with van der Waals surface area (Å²) in [4.78, 5) is 26.0. The molecule has 0 N–H and O–H groups in total. The molecule has 1 heterocycles. The van der Waals surface area contributed by atoms with E-state index in [0.29, 0.717) is 19.6 Å². The van der Waals surface area contributed by atoms with E-state index < -0.39 is 0 Å². The first-order valence-electron chi connectivity index (χ1n) is 9.66. The Bertz CT molecular complexity index is 344. The molecular weight excluding hydrogens is 290 g/mol. The Hall–Kier alpha value is -0.900. The second kappa shape index (κ2) is 12.5. The van der Waals surface area contributed by atoms with Crippen LogP contribution in [0.1, 0.15) is 90.9 Å². The highest BCUT2D eigenvalue weighted by Crippen LogP contribution is 2.20. The molecule has 4 heteroatoms. The molecule has 1 atom stereocenters. The minimum absolute atomic E-state index is 0.173. The fraction of sp³-hybridized carbons (Fsp3) is 0.895. The molecule has 1 aliphatic heterocycles. The van der Waals surface area contributed by atoms with Gasteiger partial charge in [-0.15, -0.1) is 0 Å². The molecule has 0 aromatic rings. The first kappa shape index (κ1) is 20.1. The zero-order valence-electron chi connectivity index (χ0n) is 15.1. The normalized spacial score (nSPS) is 17.7. The van der Waals surface area contributed by atoms with Crippen molar-refractivity contribution in [1.82, 2.24) is 4.90 Å². The third kappa shape index (κ3) is 7.96. The van der Waals surface area contributed by atoms with E-state index in [-0.39, 0.29) is 17.9 Å². The lowest BCUT2D eigenvalue weighted by molar-refractivity contribution is -0.152. The van der Waals surface area contributed by atoms with Crippen LogP contribution in [0.2, 0.25) is 0 Å². The van der Waals surface area contributed by atoms with Gasteiger partial charge < -0.3 is 9.64 Å². The predicted molar refractivity (Wildman–Crippen MR) is 93.2 cm³/mol. The molecule has 1 unspecified atom stereocenters. The van der Waals surface area contributed by atoms with Crippen molar-refractivity contribution in [2.75, 3.05) is 13.2 Å². The van der Waals surface area contributed by atoms with Crippen LogP contribution < -0.4 is 0 Å². The van der Waals surface area contributed by atoms with E-state index in [2.05, 4.69) is 13.8 Å². The van der Waals surface area contributed by atoms with E-state index in [1.54, 1.807) is 4.90 Å². The van der Waals surface area contributed by atoms with Crippen molar-refractivity contribution < 1.29 is 14.3 Å². The zero-order valence-corrected chi connectivity index (χ0v) is 15.1. The summed E-state index contributed by atoms with van der Waals surface area (Å²) in [5.74, 6) is -0.556. The average molecular weight is 325 g/mol. The van der Waals surface area contributed by atoms with Gasteiger partial charge in [-0.1, -0.05) is 58.8 Å². The predicted octanol–water partition coefficient (Wildman–Crippen LogP) is 4.46. The van der Waals surface area contributed by atoms with Crippen LogP contribution in [-0.2, 0) is 14.3 Å². The molecule has 1 fully saturated rings. The van der Waals surface area contributed by atoms with Crippen LogP contribution >= 0.6 is 0 Å². The standard InChI is InChI=1S/C19H35NO3/c1-3-5-7-9-10-13-17(21)19(22)20-15-12-14-18(20)23-16-11-8-6-4-2/h18H,3-16H2,1-2H3. The smallest absolute Gasteiger partial charge is 0.291 e. The Morgan fingerprint density at radius 3 is 2.30 bits per heavy atom. The zero-order chi connectivity index (χ0) is 16.9. The van der Waals surface area contributed by atoms with Crippen molar-refractivity contribution in [2.45, 2.75) is 97.1 Å². The molecule has 1 aliphatic rings. The van der Waals surface area contributed by atoms with Crippen LogP contribution in [0.15, 0.2) is 0 Å². The third-order valence-corrected chi connectivity index (χ3v) is 4.51. The van der Waals surface area contributed by atoms with Crippen molar-refractivity contribution in [2.24, 2.45) is 0 Å². The van der Waals surface area contributed by atoms with Gasteiger partial charge in [0.25, 0.3) is 5.91 Å². The van der Waals surface area contributed by atoms with Crippen molar-refractivity contribution in [3.8, 4) is 0 Å². The van der Waals surface area contributed by atoms with Crippen LogP contribution in [-0.4, -0.2) is 36.0 Å². The molecule has 0 aromatic carbocycles. The van der Waals surface area contributed by atoms with Gasteiger partial charge in [-0.25, -0.2) is 0 Å². The number of ketones is 1. The Labute approximate surface area is 141 Å². The lowest BCUT2D eigenvalue weighted by Crippen LogP contribution is -2.41. The maximum Gasteiger partial charge on any atom is 0.291 e. The molecule has 0 spiro atoms. The number of Topliss-reactive ketones (excluding diaryl/α,β-unsaturated/α-hetero) is 1. The fourth-order valence-corrected chi connectivity index (χ4v) is 3.05. The van der Waals surface area contributed by atoms with E-state index in [9.17, 15) is 9.59 Å². The summed E-state index contributed by atoms with van der Waals surface area (Å²) in [5, 5.41) is 0. The van der Waals surface area contributed by atoms with Crippen LogP contribution in [0, 0.1) is 0 Å². The number of hydrogen-bond donors (Lipinski definition) is 0. The molecule has 0 aliphatic carbocycles. The van der Waals surface area contributed by atoms with Crippen molar-refractivity contribution in [3.05, 3.63) is 0 Å². The molecule has 0 saturated carbocycles. The maximum absolute atomic E-state index is 12.3. The van der Waals surface area contributed by atoms with Gasteiger partial charge >= 0.3 is 0 Å². The maximum atomic E-state index is 12.3. The third-order valence-electron chi connectivity index (χ3n) is 4.51. The van der Waals surface area contributed by atoms with E-state index in [0.717, 1.165) is 38.5 Å². The molecule has 0 bridgehead atoms. The van der Waals surface area contributed by atoms with Gasteiger partial charge in [0, 0.05) is 19.6 Å². The number of unbranched alkanes of at least 4 members (excludes halogenated alkanes) is 7. The van der Waals surface area contributed by atoms with Gasteiger partial charge in [-0.3, -0.25) is 9.59 Å². The number of carbonyl (C=O) groups is 2. The molecule has 1 rings (SSSR count). The summed E-state index contributed by atoms with van der Waals surface area (Å²) in [7, 11) is 0. The van der Waals surface area contributed by atoms with Crippen molar-refractivity contribution in [1.29, 1.82) is 0 Å². The lowest BCUT2D eigenvalue weighted by atomic mass is 10.1. The quantitative estimate of drug-likeness (QED) is 0.371. The summed E-state index contributed by atoms with van der Waals surface area (Å²) in [6.07, 6.45) is 12.1. The van der Waals surface area contributed by atoms with Gasteiger partial charge in [-0.2, -0.15) is 0 Å². The van der Waals surface area contributed by atoms with Crippen molar-refractivity contribution in [3.63, 3.8) is 0 Å². The van der Waals surface area contributed by atoms with Gasteiger partial charge in [0.1, 0.15) is 6.23 Å². The van der Waals surface area contributed by atoms with E-state index in [4.69, 9.17) is 4.74 Å². The molecule has 1 saturated heterocycles. The summed E-state index contributed by atoms with van der Waals surface area (Å²) < 4.78 is 5.84. The summed E-state index contributed by atoms with van der Waals surface area (Å²) in [6.45, 7) is 5.72. The number of likely N-dealkylation sites (tertiary alicyclic amines) is 1. The Morgan fingerprint density at radius 2 is 1.61 bits per heavy atom. The van der Waals surface area contributed by atoms with Crippen LogP contribution in [0.25, 0.3) is 0 Å². The molecule has 23 heavy (non-hydrogen) atoms. The first-order chi connectivity index (χ1) is 11.2. The molecule has 1 amide bonds. The van der Waals surface area contributed by atoms with Gasteiger partial charge in [0.05, 0.1) is 0 Å². The van der Waals surface area contributed by atoms with Gasteiger partial charge in [0.15, 0.2) is 0 Å². The van der Waals surface area contributed by atoms with Crippen LogP contribution in [0.3, 0.4) is 0 Å². The number of hydrogen-bond acceptors (Lipinski definition) is 3. The SMILES string of the molecule is CCCCCCCC(=O)C(=O)N1CCCC1OCCCCCC. The largest absolute Gasteiger partial charge is 0.358 e. The Kier molecular flexibility index (Phi) is 11.0. The van der Waals surface area contributed by atoms with E-state index in [1.165, 1.54) is 32.1 Å². The number of amides is 1. The van der Waals surface area contributed by atoms with Crippen LogP contribution in [0.5, 0.6) is 0 Å². The summed E-state index contributed by atoms with van der Waals surface area (Å²) in [5.41, 5.74) is 0. The molecule has 134 valence electrons. The van der Waals surface area contributed by atoms with Gasteiger partial charge in [-0.05, 0) is 25.7 Å². The lowest BCUT2D eigenvalue weighted by Gasteiger charge is -2.24. The second-order valence-electron chi connectivity index (χ2n) is 6.61. The number of carbonyl (C=O) groups excluding carboxylic acids is 2. The van der Waals surface area contributed by atoms with E-state index >= 15 is 0 Å². The summed E-state index contributed by atoms with van der Waals surface area (Å²) in [6, 6.07) is 0. The molecule has 4 nitrogen and oxygen atoms in total. The topological polar surface area (TPSA) is 46.6 Å². The minimum Gasteiger partial charge on any atom is -0.358 e. The fourth-order valence-electron chi connectivity index (χ4n) is 3.05. The Morgan fingerprint density at radius 1 is 0.957 bits per heavy atom. The highest BCUT2D eigenvalue weighted by molar-refractivity contribution is 6.36.